The summed E-state index contributed by atoms with van der Waals surface area (Å²) in [6, 6.07) is 4.52. The first kappa shape index (κ1) is 18.4. The molecule has 1 unspecified atom stereocenters. The summed E-state index contributed by atoms with van der Waals surface area (Å²) < 4.78 is 32.1. The molecule has 0 spiro atoms. The van der Waals surface area contributed by atoms with E-state index < -0.39 is 10.0 Å². The zero-order valence-corrected chi connectivity index (χ0v) is 14.2. The second kappa shape index (κ2) is 8.10. The lowest BCUT2D eigenvalue weighted by Gasteiger charge is -2.27. The van der Waals surface area contributed by atoms with Gasteiger partial charge in [0.2, 0.25) is 10.0 Å². The lowest BCUT2D eigenvalue weighted by molar-refractivity contribution is 0.167. The predicted octanol–water partition coefficient (Wildman–Crippen LogP) is 2.23. The van der Waals surface area contributed by atoms with Gasteiger partial charge in [-0.3, -0.25) is 0 Å². The molecule has 1 atom stereocenters. The second-order valence-corrected chi connectivity index (χ2v) is 7.12. The Morgan fingerprint density at radius 1 is 1.43 bits per heavy atom. The molecule has 0 saturated heterocycles. The molecule has 0 aliphatic rings. The molecule has 0 amide bonds. The number of nitrogens with zero attached hydrogens (tertiary/aromatic N) is 1. The van der Waals surface area contributed by atoms with Crippen molar-refractivity contribution >= 4 is 21.6 Å². The number of nitrogens with two attached hydrogens (primary N) is 1. The van der Waals surface area contributed by atoms with Crippen LogP contribution in [0.1, 0.15) is 25.8 Å². The summed E-state index contributed by atoms with van der Waals surface area (Å²) in [7, 11) is -2.04. The van der Waals surface area contributed by atoms with Gasteiger partial charge in [-0.15, -0.1) is 0 Å². The average molecular weight is 335 g/mol. The number of ether oxygens (including phenoxy) is 1. The Bertz CT molecular complexity index is 563. The van der Waals surface area contributed by atoms with Crippen molar-refractivity contribution in [3.05, 3.63) is 28.8 Å². The molecule has 0 fully saturated rings. The summed E-state index contributed by atoms with van der Waals surface area (Å²) in [6.45, 7) is 4.69. The van der Waals surface area contributed by atoms with Gasteiger partial charge in [-0.05, 0) is 37.1 Å². The Morgan fingerprint density at radius 3 is 2.62 bits per heavy atom. The lowest BCUT2D eigenvalue weighted by Crippen LogP contribution is -2.40. The molecule has 0 heterocycles. The minimum Gasteiger partial charge on any atom is -0.383 e. The maximum Gasteiger partial charge on any atom is 0.243 e. The lowest BCUT2D eigenvalue weighted by atomic mass is 10.2. The van der Waals surface area contributed by atoms with Crippen molar-refractivity contribution in [2.75, 3.05) is 20.3 Å². The largest absolute Gasteiger partial charge is 0.383 e. The van der Waals surface area contributed by atoms with E-state index in [1.807, 2.05) is 13.8 Å². The third kappa shape index (κ3) is 4.40. The Kier molecular flexibility index (Phi) is 7.09. The van der Waals surface area contributed by atoms with Crippen LogP contribution < -0.4 is 5.73 Å². The van der Waals surface area contributed by atoms with Gasteiger partial charge in [-0.2, -0.15) is 4.31 Å². The van der Waals surface area contributed by atoms with E-state index in [-0.39, 0.29) is 17.5 Å². The Balaban J connectivity index is 3.21. The van der Waals surface area contributed by atoms with Gasteiger partial charge in [0.05, 0.1) is 11.5 Å². The number of hydrogen-bond donors (Lipinski definition) is 1. The van der Waals surface area contributed by atoms with E-state index in [9.17, 15) is 8.42 Å². The van der Waals surface area contributed by atoms with Crippen LogP contribution in [0.15, 0.2) is 23.1 Å². The molecule has 1 aromatic carbocycles. The number of hydrogen-bond acceptors (Lipinski definition) is 4. The van der Waals surface area contributed by atoms with Crippen molar-refractivity contribution in [1.82, 2.24) is 4.31 Å². The third-order valence-corrected chi connectivity index (χ3v) is 5.82. The van der Waals surface area contributed by atoms with Crippen LogP contribution in [0.3, 0.4) is 0 Å². The molecule has 5 nitrogen and oxygen atoms in total. The van der Waals surface area contributed by atoms with Crippen LogP contribution in [-0.2, 0) is 21.3 Å². The van der Waals surface area contributed by atoms with Crippen molar-refractivity contribution in [3.8, 4) is 0 Å². The molecule has 21 heavy (non-hydrogen) atoms. The molecule has 0 aliphatic heterocycles. The number of benzene rings is 1. The molecule has 0 saturated carbocycles. The van der Waals surface area contributed by atoms with Crippen LogP contribution in [0.4, 0.5) is 0 Å². The van der Waals surface area contributed by atoms with Gasteiger partial charge >= 0.3 is 0 Å². The summed E-state index contributed by atoms with van der Waals surface area (Å²) >= 11 is 5.99. The fourth-order valence-electron chi connectivity index (χ4n) is 1.97. The molecule has 0 aromatic heterocycles. The SMILES string of the molecule is CCC(C)N(CCOC)S(=O)(=O)c1ccc(Cl)c(CN)c1. The summed E-state index contributed by atoms with van der Waals surface area (Å²) in [5.41, 5.74) is 6.21. The number of sulfonamides is 1. The minimum absolute atomic E-state index is 0.109. The number of halogens is 1. The van der Waals surface area contributed by atoms with Crippen molar-refractivity contribution in [1.29, 1.82) is 0 Å². The molecule has 0 radical (unpaired) electrons. The fraction of sp³-hybridized carbons (Fsp3) is 0.571. The van der Waals surface area contributed by atoms with Crippen LogP contribution in [0, 0.1) is 0 Å². The first-order valence-corrected chi connectivity index (χ1v) is 8.69. The van der Waals surface area contributed by atoms with Gasteiger partial charge in [0, 0.05) is 31.3 Å². The molecule has 120 valence electrons. The molecule has 2 N–H and O–H groups in total. The Labute approximate surface area is 132 Å². The normalized spacial score (nSPS) is 13.6. The van der Waals surface area contributed by atoms with E-state index in [0.29, 0.717) is 23.7 Å². The summed E-state index contributed by atoms with van der Waals surface area (Å²) in [5.74, 6) is 0. The zero-order chi connectivity index (χ0) is 16.0. The van der Waals surface area contributed by atoms with Crippen LogP contribution in [0.25, 0.3) is 0 Å². The highest BCUT2D eigenvalue weighted by molar-refractivity contribution is 7.89. The third-order valence-electron chi connectivity index (χ3n) is 3.44. The highest BCUT2D eigenvalue weighted by Crippen LogP contribution is 2.24. The standard InChI is InChI=1S/C14H23ClN2O3S/c1-4-11(2)17(7-8-20-3)21(18,19)13-5-6-14(15)12(9-13)10-16/h5-6,9,11H,4,7-8,10,16H2,1-3H3. The van der Waals surface area contributed by atoms with Gasteiger partial charge in [0.25, 0.3) is 0 Å². The molecule has 0 bridgehead atoms. The van der Waals surface area contributed by atoms with Crippen molar-refractivity contribution in [2.24, 2.45) is 5.73 Å². The van der Waals surface area contributed by atoms with E-state index in [1.54, 1.807) is 19.2 Å². The van der Waals surface area contributed by atoms with Crippen molar-refractivity contribution < 1.29 is 13.2 Å². The van der Waals surface area contributed by atoms with Gasteiger partial charge in [-0.1, -0.05) is 18.5 Å². The number of methoxy groups -OCH3 is 1. The topological polar surface area (TPSA) is 72.6 Å². The fourth-order valence-corrected chi connectivity index (χ4v) is 3.90. The van der Waals surface area contributed by atoms with E-state index >= 15 is 0 Å². The van der Waals surface area contributed by atoms with Crippen LogP contribution in [0.5, 0.6) is 0 Å². The molecule has 0 aliphatic carbocycles. The van der Waals surface area contributed by atoms with Crippen molar-refractivity contribution in [3.63, 3.8) is 0 Å². The van der Waals surface area contributed by atoms with E-state index in [0.717, 1.165) is 6.42 Å². The highest BCUT2D eigenvalue weighted by Gasteiger charge is 2.28. The van der Waals surface area contributed by atoms with Gasteiger partial charge in [-0.25, -0.2) is 8.42 Å². The van der Waals surface area contributed by atoms with Crippen LogP contribution in [0.2, 0.25) is 5.02 Å². The zero-order valence-electron chi connectivity index (χ0n) is 12.7. The second-order valence-electron chi connectivity index (χ2n) is 4.82. The van der Waals surface area contributed by atoms with Gasteiger partial charge in [0.1, 0.15) is 0 Å². The molecular weight excluding hydrogens is 312 g/mol. The van der Waals surface area contributed by atoms with Crippen LogP contribution in [-0.4, -0.2) is 39.0 Å². The summed E-state index contributed by atoms with van der Waals surface area (Å²) in [6.07, 6.45) is 0.723. The first-order valence-electron chi connectivity index (χ1n) is 6.87. The van der Waals surface area contributed by atoms with E-state index in [2.05, 4.69) is 0 Å². The monoisotopic (exact) mass is 334 g/mol. The highest BCUT2D eigenvalue weighted by atomic mass is 35.5. The average Bonchev–Trinajstić information content (AvgIpc) is 2.47. The smallest absolute Gasteiger partial charge is 0.243 e. The minimum atomic E-state index is -3.59. The van der Waals surface area contributed by atoms with Gasteiger partial charge in [0.15, 0.2) is 0 Å². The molecular formula is C14H23ClN2O3S. The van der Waals surface area contributed by atoms with E-state index in [4.69, 9.17) is 22.1 Å². The molecule has 7 heteroatoms. The molecule has 1 aromatic rings. The maximum absolute atomic E-state index is 12.8. The van der Waals surface area contributed by atoms with Crippen molar-refractivity contribution in [2.45, 2.75) is 37.8 Å². The summed E-state index contributed by atoms with van der Waals surface area (Å²) in [4.78, 5) is 0.212. The maximum atomic E-state index is 12.8. The quantitative estimate of drug-likeness (QED) is 0.791. The molecule has 1 rings (SSSR count). The van der Waals surface area contributed by atoms with E-state index in [1.165, 1.54) is 10.4 Å². The van der Waals surface area contributed by atoms with Gasteiger partial charge < -0.3 is 10.5 Å². The number of rotatable bonds is 8. The van der Waals surface area contributed by atoms with Crippen LogP contribution >= 0.6 is 11.6 Å². The Morgan fingerprint density at radius 2 is 2.10 bits per heavy atom. The first-order chi connectivity index (χ1) is 9.88. The predicted molar refractivity (Wildman–Crippen MR) is 84.9 cm³/mol. The summed E-state index contributed by atoms with van der Waals surface area (Å²) in [5, 5.41) is 0.475. The Hall–Kier alpha value is -0.660.